The maximum atomic E-state index is 5.61. The smallest absolute Gasteiger partial charge is 0.167 e. The molecule has 1 fully saturated rings. The standard InChI is InChI=1S/C10H22O2Si/c1-10(2,3)11-8-12-13-9-6-4-5-7-9/h9H,4-8,13H2,1-3H3. The Morgan fingerprint density at radius 1 is 1.23 bits per heavy atom. The van der Waals surface area contributed by atoms with Crippen molar-refractivity contribution >= 4 is 9.76 Å². The topological polar surface area (TPSA) is 18.5 Å². The highest BCUT2D eigenvalue weighted by Gasteiger charge is 2.16. The highest BCUT2D eigenvalue weighted by molar-refractivity contribution is 6.29. The number of rotatable bonds is 4. The minimum Gasteiger partial charge on any atom is -0.402 e. The lowest BCUT2D eigenvalue weighted by molar-refractivity contribution is -0.0759. The normalized spacial score (nSPS) is 20.5. The van der Waals surface area contributed by atoms with Crippen LogP contribution in [0.3, 0.4) is 0 Å². The molecule has 1 saturated carbocycles. The Labute approximate surface area is 83.9 Å². The molecule has 0 radical (unpaired) electrons. The molecular weight excluding hydrogens is 180 g/mol. The summed E-state index contributed by atoms with van der Waals surface area (Å²) in [7, 11) is -0.306. The first-order valence-corrected chi connectivity index (χ1v) is 6.69. The molecule has 0 bridgehead atoms. The van der Waals surface area contributed by atoms with Crippen LogP contribution in [0, 0.1) is 0 Å². The van der Waals surface area contributed by atoms with Crippen molar-refractivity contribution in [1.29, 1.82) is 0 Å². The molecule has 0 heterocycles. The lowest BCUT2D eigenvalue weighted by Crippen LogP contribution is -2.22. The van der Waals surface area contributed by atoms with Crippen molar-refractivity contribution in [1.82, 2.24) is 0 Å². The molecule has 1 rings (SSSR count). The summed E-state index contributed by atoms with van der Waals surface area (Å²) in [5.74, 6) is 0. The Hall–Kier alpha value is 0.137. The second kappa shape index (κ2) is 5.13. The summed E-state index contributed by atoms with van der Waals surface area (Å²) in [6.45, 7) is 6.70. The molecule has 2 nitrogen and oxygen atoms in total. The van der Waals surface area contributed by atoms with Gasteiger partial charge in [0.2, 0.25) is 0 Å². The van der Waals surface area contributed by atoms with Crippen molar-refractivity contribution in [3.63, 3.8) is 0 Å². The molecule has 0 N–H and O–H groups in total. The highest BCUT2D eigenvalue weighted by Crippen LogP contribution is 2.29. The van der Waals surface area contributed by atoms with Crippen LogP contribution < -0.4 is 0 Å². The molecule has 0 aromatic carbocycles. The van der Waals surface area contributed by atoms with Crippen LogP contribution in [0.15, 0.2) is 0 Å². The van der Waals surface area contributed by atoms with E-state index in [1.54, 1.807) is 0 Å². The fraction of sp³-hybridized carbons (Fsp3) is 1.00. The Bertz CT molecular complexity index is 136. The van der Waals surface area contributed by atoms with Crippen molar-refractivity contribution in [3.8, 4) is 0 Å². The SMILES string of the molecule is CC(C)(C)OCO[SiH2]C1CCCC1. The second-order valence-electron chi connectivity index (χ2n) is 4.90. The lowest BCUT2D eigenvalue weighted by Gasteiger charge is -2.20. The Morgan fingerprint density at radius 2 is 1.85 bits per heavy atom. The molecule has 0 spiro atoms. The van der Waals surface area contributed by atoms with E-state index in [0.29, 0.717) is 6.79 Å². The zero-order chi connectivity index (χ0) is 9.73. The van der Waals surface area contributed by atoms with Gasteiger partial charge in [-0.3, -0.25) is 0 Å². The monoisotopic (exact) mass is 202 g/mol. The van der Waals surface area contributed by atoms with Crippen molar-refractivity contribution in [3.05, 3.63) is 0 Å². The first kappa shape index (κ1) is 11.2. The van der Waals surface area contributed by atoms with Gasteiger partial charge in [0.05, 0.1) is 5.60 Å². The van der Waals surface area contributed by atoms with E-state index in [4.69, 9.17) is 9.16 Å². The van der Waals surface area contributed by atoms with Crippen LogP contribution in [0.4, 0.5) is 0 Å². The van der Waals surface area contributed by atoms with E-state index >= 15 is 0 Å². The first-order valence-electron chi connectivity index (χ1n) is 5.29. The third kappa shape index (κ3) is 5.44. The molecule has 0 amide bonds. The molecule has 0 saturated heterocycles. The van der Waals surface area contributed by atoms with Crippen LogP contribution in [0.2, 0.25) is 5.54 Å². The largest absolute Gasteiger partial charge is 0.402 e. The Morgan fingerprint density at radius 3 is 2.38 bits per heavy atom. The molecule has 0 atom stereocenters. The average molecular weight is 202 g/mol. The van der Waals surface area contributed by atoms with E-state index in [-0.39, 0.29) is 15.4 Å². The summed E-state index contributed by atoms with van der Waals surface area (Å²) in [6.07, 6.45) is 5.64. The number of hydrogen-bond donors (Lipinski definition) is 0. The number of hydrogen-bond acceptors (Lipinski definition) is 2. The van der Waals surface area contributed by atoms with Crippen molar-refractivity contribution in [2.45, 2.75) is 57.6 Å². The number of ether oxygens (including phenoxy) is 1. The van der Waals surface area contributed by atoms with Crippen molar-refractivity contribution in [2.24, 2.45) is 0 Å². The highest BCUT2D eigenvalue weighted by atomic mass is 28.2. The van der Waals surface area contributed by atoms with E-state index in [1.165, 1.54) is 25.7 Å². The quantitative estimate of drug-likeness (QED) is 0.395. The van der Waals surface area contributed by atoms with Gasteiger partial charge in [0.15, 0.2) is 9.76 Å². The van der Waals surface area contributed by atoms with E-state index in [1.807, 2.05) is 0 Å². The van der Waals surface area contributed by atoms with Gasteiger partial charge in [0.25, 0.3) is 0 Å². The van der Waals surface area contributed by atoms with Crippen LogP contribution in [-0.2, 0) is 9.16 Å². The van der Waals surface area contributed by atoms with Crippen LogP contribution in [0.25, 0.3) is 0 Å². The predicted molar refractivity (Wildman–Crippen MR) is 57.6 cm³/mol. The van der Waals surface area contributed by atoms with E-state index in [0.717, 1.165) is 5.54 Å². The van der Waals surface area contributed by atoms with Crippen LogP contribution in [-0.4, -0.2) is 22.2 Å². The summed E-state index contributed by atoms with van der Waals surface area (Å²) in [6, 6.07) is 0. The molecule has 0 aromatic rings. The van der Waals surface area contributed by atoms with Crippen molar-refractivity contribution < 1.29 is 9.16 Å². The fourth-order valence-corrected chi connectivity index (χ4v) is 3.03. The predicted octanol–water partition coefficient (Wildman–Crippen LogP) is 2.22. The molecule has 0 aliphatic heterocycles. The van der Waals surface area contributed by atoms with E-state index < -0.39 is 0 Å². The van der Waals surface area contributed by atoms with Gasteiger partial charge in [0.1, 0.15) is 6.79 Å². The summed E-state index contributed by atoms with van der Waals surface area (Å²) < 4.78 is 11.1. The van der Waals surface area contributed by atoms with Gasteiger partial charge in [-0.2, -0.15) is 0 Å². The van der Waals surface area contributed by atoms with Crippen molar-refractivity contribution in [2.75, 3.05) is 6.79 Å². The molecule has 1 aliphatic carbocycles. The third-order valence-corrected chi connectivity index (χ3v) is 4.09. The van der Waals surface area contributed by atoms with Crippen LogP contribution in [0.1, 0.15) is 46.5 Å². The lowest BCUT2D eigenvalue weighted by atomic mass is 10.2. The maximum Gasteiger partial charge on any atom is 0.167 e. The van der Waals surface area contributed by atoms with Crippen LogP contribution >= 0.6 is 0 Å². The average Bonchev–Trinajstić information content (AvgIpc) is 2.48. The van der Waals surface area contributed by atoms with E-state index in [9.17, 15) is 0 Å². The van der Waals surface area contributed by atoms with Gasteiger partial charge in [0, 0.05) is 0 Å². The zero-order valence-electron chi connectivity index (χ0n) is 9.14. The minimum atomic E-state index is -0.306. The summed E-state index contributed by atoms with van der Waals surface area (Å²) in [4.78, 5) is 0. The molecule has 78 valence electrons. The van der Waals surface area contributed by atoms with Crippen LogP contribution in [0.5, 0.6) is 0 Å². The molecule has 3 heteroatoms. The second-order valence-corrected chi connectivity index (χ2v) is 6.79. The minimum absolute atomic E-state index is 0.0515. The Kier molecular flexibility index (Phi) is 4.42. The summed E-state index contributed by atoms with van der Waals surface area (Å²) in [5, 5.41) is 0. The first-order chi connectivity index (χ1) is 6.08. The summed E-state index contributed by atoms with van der Waals surface area (Å²) in [5.41, 5.74) is 0.882. The fourth-order valence-electron chi connectivity index (χ4n) is 1.61. The maximum absolute atomic E-state index is 5.61. The molecule has 0 unspecified atom stereocenters. The van der Waals surface area contributed by atoms with Gasteiger partial charge in [-0.25, -0.2) is 0 Å². The van der Waals surface area contributed by atoms with Gasteiger partial charge in [-0.1, -0.05) is 25.7 Å². The molecule has 1 aliphatic rings. The molecule has 13 heavy (non-hydrogen) atoms. The zero-order valence-corrected chi connectivity index (χ0v) is 10.6. The Balaban J connectivity index is 1.94. The molecular formula is C10H22O2Si. The third-order valence-electron chi connectivity index (χ3n) is 2.40. The van der Waals surface area contributed by atoms with Gasteiger partial charge in [-0.15, -0.1) is 0 Å². The van der Waals surface area contributed by atoms with Gasteiger partial charge >= 0.3 is 0 Å². The van der Waals surface area contributed by atoms with E-state index in [2.05, 4.69) is 20.8 Å². The van der Waals surface area contributed by atoms with Gasteiger partial charge < -0.3 is 9.16 Å². The molecule has 0 aromatic heterocycles. The van der Waals surface area contributed by atoms with Gasteiger partial charge in [-0.05, 0) is 26.3 Å². The summed E-state index contributed by atoms with van der Waals surface area (Å²) >= 11 is 0.